The Morgan fingerprint density at radius 2 is 1.53 bits per heavy atom. The Morgan fingerprint density at radius 1 is 0.842 bits per heavy atom. The maximum Gasteiger partial charge on any atom is 0.192 e. The minimum Gasteiger partial charge on any atom is -0.440 e. The van der Waals surface area contributed by atoms with Gasteiger partial charge in [0.2, 0.25) is 0 Å². The minimum atomic E-state index is -3.34. The highest BCUT2D eigenvalue weighted by Gasteiger charge is 2.21. The Morgan fingerprint density at radius 3 is 2.16 bits per heavy atom. The molecule has 0 amide bonds. The molecule has 194 valence electrons. The molecule has 0 spiro atoms. The molecular weight excluding hydrogens is 496 g/mol. The molecule has 0 atom stereocenters. The molecule has 0 saturated heterocycles. The number of hydrogen-bond acceptors (Lipinski definition) is 6. The van der Waals surface area contributed by atoms with Crippen molar-refractivity contribution in [1.82, 2.24) is 14.5 Å². The van der Waals surface area contributed by atoms with Gasteiger partial charge in [0.15, 0.2) is 21.5 Å². The first-order valence-corrected chi connectivity index (χ1v) is 14.1. The van der Waals surface area contributed by atoms with Crippen molar-refractivity contribution < 1.29 is 12.8 Å². The maximum absolute atomic E-state index is 12.2. The molecular formula is C30H30N4O3S. The molecule has 0 bridgehead atoms. The largest absolute Gasteiger partial charge is 0.440 e. The summed E-state index contributed by atoms with van der Waals surface area (Å²) in [6, 6.07) is 21.2. The predicted octanol–water partition coefficient (Wildman–Crippen LogP) is 6.26. The number of anilines is 1. The molecule has 8 heteroatoms. The SMILES string of the molecule is Cc1cn(-c2ccc(-c3cccc(S(C)(=O)=O)c3)cc2-c2nc(C)oc2-c2ccc(N(C)C)cc2)c(C)n1. The summed E-state index contributed by atoms with van der Waals surface area (Å²) in [5, 5.41) is 0. The van der Waals surface area contributed by atoms with Gasteiger partial charge in [-0.05, 0) is 73.5 Å². The minimum absolute atomic E-state index is 0.278. The van der Waals surface area contributed by atoms with Gasteiger partial charge in [-0.2, -0.15) is 0 Å². The number of aromatic nitrogens is 3. The second-order valence-electron chi connectivity index (χ2n) is 9.68. The molecule has 2 heterocycles. The van der Waals surface area contributed by atoms with Crippen molar-refractivity contribution in [3.05, 3.63) is 90.3 Å². The van der Waals surface area contributed by atoms with E-state index >= 15 is 0 Å². The Kier molecular flexibility index (Phi) is 6.44. The molecule has 38 heavy (non-hydrogen) atoms. The number of benzene rings is 3. The van der Waals surface area contributed by atoms with E-state index in [2.05, 4.69) is 4.98 Å². The Balaban J connectivity index is 1.74. The summed E-state index contributed by atoms with van der Waals surface area (Å²) in [5.74, 6) is 2.08. The van der Waals surface area contributed by atoms with Crippen LogP contribution in [-0.4, -0.2) is 43.3 Å². The third kappa shape index (κ3) is 4.87. The molecule has 5 rings (SSSR count). The number of imidazole rings is 1. The normalized spacial score (nSPS) is 11.6. The molecule has 0 radical (unpaired) electrons. The third-order valence-electron chi connectivity index (χ3n) is 6.49. The van der Waals surface area contributed by atoms with E-state index in [0.29, 0.717) is 17.3 Å². The summed E-state index contributed by atoms with van der Waals surface area (Å²) in [6.45, 7) is 5.77. The predicted molar refractivity (Wildman–Crippen MR) is 152 cm³/mol. The number of aryl methyl sites for hydroxylation is 3. The van der Waals surface area contributed by atoms with Gasteiger partial charge in [0, 0.05) is 50.3 Å². The zero-order chi connectivity index (χ0) is 27.2. The zero-order valence-electron chi connectivity index (χ0n) is 22.4. The number of nitrogens with zero attached hydrogens (tertiary/aromatic N) is 4. The summed E-state index contributed by atoms with van der Waals surface area (Å²) in [7, 11) is 0.668. The second-order valence-corrected chi connectivity index (χ2v) is 11.7. The van der Waals surface area contributed by atoms with Crippen LogP contribution in [-0.2, 0) is 9.84 Å². The van der Waals surface area contributed by atoms with Crippen LogP contribution in [0.2, 0.25) is 0 Å². The van der Waals surface area contributed by atoms with Crippen LogP contribution in [0.3, 0.4) is 0 Å². The standard InChI is InChI=1S/C30H30N4O3S/c1-19-18-34(20(2)31-19)28-15-12-24(23-8-7-9-26(16-23)38(6,35)36)17-27(28)29-30(37-21(3)32-29)22-10-13-25(14-11-22)33(4)5/h7-18H,1-6H3. The molecule has 2 aromatic heterocycles. The number of hydrogen-bond donors (Lipinski definition) is 0. The van der Waals surface area contributed by atoms with E-state index in [1.54, 1.807) is 18.2 Å². The number of rotatable bonds is 6. The quantitative estimate of drug-likeness (QED) is 0.260. The van der Waals surface area contributed by atoms with Gasteiger partial charge in [-0.3, -0.25) is 0 Å². The highest BCUT2D eigenvalue weighted by atomic mass is 32.2. The topological polar surface area (TPSA) is 81.2 Å². The molecule has 0 saturated carbocycles. The highest BCUT2D eigenvalue weighted by Crippen LogP contribution is 2.39. The molecule has 0 fully saturated rings. The zero-order valence-corrected chi connectivity index (χ0v) is 23.2. The van der Waals surface area contributed by atoms with E-state index in [-0.39, 0.29) is 4.90 Å². The van der Waals surface area contributed by atoms with E-state index in [1.807, 2.05) is 99.1 Å². The van der Waals surface area contributed by atoms with E-state index in [0.717, 1.165) is 45.1 Å². The summed E-state index contributed by atoms with van der Waals surface area (Å²) in [4.78, 5) is 11.8. The van der Waals surface area contributed by atoms with Crippen LogP contribution in [0.1, 0.15) is 17.4 Å². The average molecular weight is 527 g/mol. The lowest BCUT2D eigenvalue weighted by Crippen LogP contribution is -2.07. The first kappa shape index (κ1) is 25.5. The Labute approximate surface area is 223 Å². The Bertz CT molecular complexity index is 1750. The van der Waals surface area contributed by atoms with Crippen LogP contribution in [0.15, 0.2) is 82.2 Å². The lowest BCUT2D eigenvalue weighted by Gasteiger charge is -2.15. The van der Waals surface area contributed by atoms with Gasteiger partial charge in [0.1, 0.15) is 11.5 Å². The van der Waals surface area contributed by atoms with Crippen LogP contribution >= 0.6 is 0 Å². The first-order chi connectivity index (χ1) is 18.0. The van der Waals surface area contributed by atoms with Crippen molar-refractivity contribution >= 4 is 15.5 Å². The molecule has 0 aliphatic rings. The molecule has 0 N–H and O–H groups in total. The van der Waals surface area contributed by atoms with E-state index < -0.39 is 9.84 Å². The fraction of sp³-hybridized carbons (Fsp3) is 0.200. The summed E-state index contributed by atoms with van der Waals surface area (Å²) < 4.78 is 32.6. The number of oxazole rings is 1. The van der Waals surface area contributed by atoms with E-state index in [1.165, 1.54) is 6.26 Å². The summed E-state index contributed by atoms with van der Waals surface area (Å²) in [5.41, 5.74) is 7.07. The fourth-order valence-corrected chi connectivity index (χ4v) is 5.27. The summed E-state index contributed by atoms with van der Waals surface area (Å²) >= 11 is 0. The monoisotopic (exact) mass is 526 g/mol. The van der Waals surface area contributed by atoms with E-state index in [4.69, 9.17) is 9.40 Å². The van der Waals surface area contributed by atoms with Gasteiger partial charge in [0.25, 0.3) is 0 Å². The molecule has 0 unspecified atom stereocenters. The lowest BCUT2D eigenvalue weighted by atomic mass is 9.98. The van der Waals surface area contributed by atoms with Gasteiger partial charge >= 0.3 is 0 Å². The fourth-order valence-electron chi connectivity index (χ4n) is 4.60. The van der Waals surface area contributed by atoms with Crippen molar-refractivity contribution in [3.63, 3.8) is 0 Å². The van der Waals surface area contributed by atoms with Crippen molar-refractivity contribution in [2.75, 3.05) is 25.3 Å². The third-order valence-corrected chi connectivity index (χ3v) is 7.60. The van der Waals surface area contributed by atoms with Crippen molar-refractivity contribution in [3.8, 4) is 39.4 Å². The summed E-state index contributed by atoms with van der Waals surface area (Å²) in [6.07, 6.45) is 3.22. The molecule has 5 aromatic rings. The van der Waals surface area contributed by atoms with Gasteiger partial charge < -0.3 is 13.9 Å². The van der Waals surface area contributed by atoms with Crippen LogP contribution < -0.4 is 4.90 Å². The Hall–Kier alpha value is -4.17. The van der Waals surface area contributed by atoms with Crippen LogP contribution in [0.5, 0.6) is 0 Å². The number of sulfone groups is 1. The smallest absolute Gasteiger partial charge is 0.192 e. The molecule has 7 nitrogen and oxygen atoms in total. The highest BCUT2D eigenvalue weighted by molar-refractivity contribution is 7.90. The van der Waals surface area contributed by atoms with Gasteiger partial charge in [0.05, 0.1) is 16.3 Å². The second kappa shape index (κ2) is 9.61. The lowest BCUT2D eigenvalue weighted by molar-refractivity contribution is 0.534. The van der Waals surface area contributed by atoms with Crippen LogP contribution in [0, 0.1) is 20.8 Å². The van der Waals surface area contributed by atoms with Crippen molar-refractivity contribution in [2.45, 2.75) is 25.7 Å². The van der Waals surface area contributed by atoms with Crippen LogP contribution in [0.4, 0.5) is 5.69 Å². The van der Waals surface area contributed by atoms with Crippen molar-refractivity contribution in [1.29, 1.82) is 0 Å². The van der Waals surface area contributed by atoms with Crippen LogP contribution in [0.25, 0.3) is 39.4 Å². The first-order valence-electron chi connectivity index (χ1n) is 12.2. The molecule has 3 aromatic carbocycles. The average Bonchev–Trinajstić information content (AvgIpc) is 3.44. The maximum atomic E-state index is 12.2. The van der Waals surface area contributed by atoms with Crippen molar-refractivity contribution in [2.24, 2.45) is 0 Å². The van der Waals surface area contributed by atoms with Gasteiger partial charge in [-0.15, -0.1) is 0 Å². The van der Waals surface area contributed by atoms with E-state index in [9.17, 15) is 8.42 Å². The molecule has 0 aliphatic carbocycles. The van der Waals surface area contributed by atoms with Gasteiger partial charge in [-0.1, -0.05) is 18.2 Å². The molecule has 0 aliphatic heterocycles. The van der Waals surface area contributed by atoms with Gasteiger partial charge in [-0.25, -0.2) is 18.4 Å².